The summed E-state index contributed by atoms with van der Waals surface area (Å²) in [5.74, 6) is 0.106. The molecule has 0 spiro atoms. The number of nitrogens with zero attached hydrogens (tertiary/aromatic N) is 1. The van der Waals surface area contributed by atoms with Crippen molar-refractivity contribution in [2.24, 2.45) is 0 Å². The van der Waals surface area contributed by atoms with Crippen molar-refractivity contribution in [3.05, 3.63) is 23.2 Å². The highest BCUT2D eigenvalue weighted by atomic mass is 35.5. The predicted octanol–water partition coefficient (Wildman–Crippen LogP) is 3.03. The topological polar surface area (TPSA) is 54.0 Å². The number of thiazole rings is 1. The van der Waals surface area contributed by atoms with Crippen molar-refractivity contribution in [2.75, 3.05) is 11.9 Å². The normalized spacial score (nSPS) is 14.6. The van der Waals surface area contributed by atoms with Crippen LogP contribution in [0.15, 0.2) is 18.2 Å². The van der Waals surface area contributed by atoms with Gasteiger partial charge in [-0.1, -0.05) is 29.0 Å². The van der Waals surface area contributed by atoms with Crippen LogP contribution in [0.2, 0.25) is 5.02 Å². The Kier molecular flexibility index (Phi) is 3.57. The first-order chi connectivity index (χ1) is 9.22. The number of fused-ring (bicyclic) bond motifs is 1. The molecule has 1 fully saturated rings. The van der Waals surface area contributed by atoms with Gasteiger partial charge in [0.2, 0.25) is 5.91 Å². The molecule has 0 atom stereocenters. The van der Waals surface area contributed by atoms with E-state index < -0.39 is 0 Å². The highest BCUT2D eigenvalue weighted by Crippen LogP contribution is 2.31. The molecule has 2 N–H and O–H groups in total. The molecule has 1 aromatic heterocycles. The fraction of sp³-hybridized carbons (Fsp3) is 0.385. The number of anilines is 1. The molecule has 0 radical (unpaired) electrons. The van der Waals surface area contributed by atoms with Gasteiger partial charge in [-0.2, -0.15) is 0 Å². The van der Waals surface area contributed by atoms with Gasteiger partial charge in [0, 0.05) is 19.0 Å². The molecule has 1 heterocycles. The lowest BCUT2D eigenvalue weighted by molar-refractivity contribution is -0.120. The molecule has 4 nitrogen and oxygen atoms in total. The van der Waals surface area contributed by atoms with Crippen LogP contribution >= 0.6 is 22.9 Å². The average Bonchev–Trinajstić information content (AvgIpc) is 3.07. The summed E-state index contributed by atoms with van der Waals surface area (Å²) in [6, 6.07) is 6.10. The third-order valence-electron chi connectivity index (χ3n) is 2.94. The van der Waals surface area contributed by atoms with Crippen molar-refractivity contribution >= 4 is 44.2 Å². The summed E-state index contributed by atoms with van der Waals surface area (Å²) in [6.45, 7) is 0.593. The summed E-state index contributed by atoms with van der Waals surface area (Å²) in [5, 5.41) is 7.66. The maximum Gasteiger partial charge on any atom is 0.221 e. The molecule has 100 valence electrons. The van der Waals surface area contributed by atoms with Crippen molar-refractivity contribution in [2.45, 2.75) is 25.3 Å². The minimum Gasteiger partial charge on any atom is -0.361 e. The quantitative estimate of drug-likeness (QED) is 0.891. The van der Waals surface area contributed by atoms with Crippen LogP contribution in [-0.4, -0.2) is 23.5 Å². The van der Waals surface area contributed by atoms with Gasteiger partial charge >= 0.3 is 0 Å². The highest BCUT2D eigenvalue weighted by molar-refractivity contribution is 7.22. The number of hydrogen-bond donors (Lipinski definition) is 2. The molecule has 1 aliphatic carbocycles. The summed E-state index contributed by atoms with van der Waals surface area (Å²) in [6.07, 6.45) is 2.71. The van der Waals surface area contributed by atoms with E-state index in [9.17, 15) is 4.79 Å². The standard InChI is InChI=1S/C13H14ClN3OS/c14-9-2-1-3-10-12(9)19-13(17-10)15-7-6-11(18)16-8-4-5-8/h1-3,8H,4-7H2,(H,15,17)(H,16,18). The van der Waals surface area contributed by atoms with E-state index in [4.69, 9.17) is 11.6 Å². The van der Waals surface area contributed by atoms with E-state index in [0.717, 1.165) is 33.2 Å². The monoisotopic (exact) mass is 295 g/mol. The Balaban J connectivity index is 1.56. The van der Waals surface area contributed by atoms with E-state index >= 15 is 0 Å². The molecule has 6 heteroatoms. The van der Waals surface area contributed by atoms with E-state index in [-0.39, 0.29) is 5.91 Å². The Bertz CT molecular complexity index is 609. The van der Waals surface area contributed by atoms with Crippen LogP contribution in [0, 0.1) is 0 Å². The molecule has 0 unspecified atom stereocenters. The van der Waals surface area contributed by atoms with Crippen LogP contribution < -0.4 is 10.6 Å². The molecule has 1 aromatic carbocycles. The van der Waals surface area contributed by atoms with E-state index in [1.807, 2.05) is 18.2 Å². The summed E-state index contributed by atoms with van der Waals surface area (Å²) >= 11 is 7.61. The average molecular weight is 296 g/mol. The second kappa shape index (κ2) is 5.35. The van der Waals surface area contributed by atoms with Crippen molar-refractivity contribution in [3.8, 4) is 0 Å². The first-order valence-electron chi connectivity index (χ1n) is 6.30. The largest absolute Gasteiger partial charge is 0.361 e. The Morgan fingerprint density at radius 3 is 3.05 bits per heavy atom. The summed E-state index contributed by atoms with van der Waals surface area (Å²) in [7, 11) is 0. The lowest BCUT2D eigenvalue weighted by Gasteiger charge is -2.03. The molecular formula is C13H14ClN3OS. The Morgan fingerprint density at radius 1 is 1.47 bits per heavy atom. The van der Waals surface area contributed by atoms with Gasteiger partial charge < -0.3 is 10.6 Å². The first-order valence-corrected chi connectivity index (χ1v) is 7.50. The number of nitrogens with one attached hydrogen (secondary N) is 2. The number of carbonyl (C=O) groups excluding carboxylic acids is 1. The van der Waals surface area contributed by atoms with Gasteiger partial charge in [0.05, 0.1) is 15.2 Å². The fourth-order valence-corrected chi connectivity index (χ4v) is 2.98. The second-order valence-corrected chi connectivity index (χ2v) is 6.03. The predicted molar refractivity (Wildman–Crippen MR) is 78.9 cm³/mol. The molecule has 3 rings (SSSR count). The van der Waals surface area contributed by atoms with Crippen molar-refractivity contribution in [3.63, 3.8) is 0 Å². The number of carbonyl (C=O) groups is 1. The smallest absolute Gasteiger partial charge is 0.221 e. The lowest BCUT2D eigenvalue weighted by atomic mass is 10.3. The van der Waals surface area contributed by atoms with Crippen LogP contribution in [0.1, 0.15) is 19.3 Å². The molecular weight excluding hydrogens is 282 g/mol. The van der Waals surface area contributed by atoms with Crippen molar-refractivity contribution < 1.29 is 4.79 Å². The van der Waals surface area contributed by atoms with E-state index in [1.165, 1.54) is 11.3 Å². The number of aromatic nitrogens is 1. The zero-order valence-electron chi connectivity index (χ0n) is 10.3. The minimum absolute atomic E-state index is 0.106. The van der Waals surface area contributed by atoms with Gasteiger partial charge in [0.1, 0.15) is 0 Å². The maximum absolute atomic E-state index is 11.5. The number of amides is 1. The fourth-order valence-electron chi connectivity index (χ4n) is 1.80. The van der Waals surface area contributed by atoms with Crippen LogP contribution in [0.4, 0.5) is 5.13 Å². The molecule has 1 saturated carbocycles. The number of benzene rings is 1. The van der Waals surface area contributed by atoms with Gasteiger partial charge in [0.15, 0.2) is 5.13 Å². The zero-order chi connectivity index (χ0) is 13.2. The van der Waals surface area contributed by atoms with Crippen LogP contribution in [0.3, 0.4) is 0 Å². The first kappa shape index (κ1) is 12.7. The SMILES string of the molecule is O=C(CCNc1nc2cccc(Cl)c2s1)NC1CC1. The van der Waals surface area contributed by atoms with Crippen LogP contribution in [0.25, 0.3) is 10.2 Å². The van der Waals surface area contributed by atoms with Crippen LogP contribution in [-0.2, 0) is 4.79 Å². The minimum atomic E-state index is 0.106. The highest BCUT2D eigenvalue weighted by Gasteiger charge is 2.22. The van der Waals surface area contributed by atoms with Gasteiger partial charge in [-0.05, 0) is 25.0 Å². The van der Waals surface area contributed by atoms with Gasteiger partial charge in [0.25, 0.3) is 0 Å². The summed E-state index contributed by atoms with van der Waals surface area (Å²) in [4.78, 5) is 16.0. The maximum atomic E-state index is 11.5. The Morgan fingerprint density at radius 2 is 2.32 bits per heavy atom. The lowest BCUT2D eigenvalue weighted by Crippen LogP contribution is -2.27. The molecule has 0 aliphatic heterocycles. The Labute approximate surface area is 120 Å². The molecule has 0 bridgehead atoms. The van der Waals surface area contributed by atoms with Gasteiger partial charge in [-0.3, -0.25) is 4.79 Å². The number of rotatable bonds is 5. The van der Waals surface area contributed by atoms with Crippen LogP contribution in [0.5, 0.6) is 0 Å². The summed E-state index contributed by atoms with van der Waals surface area (Å²) in [5.41, 5.74) is 0.891. The van der Waals surface area contributed by atoms with E-state index in [2.05, 4.69) is 15.6 Å². The third-order valence-corrected chi connectivity index (χ3v) is 4.43. The molecule has 0 saturated heterocycles. The molecule has 19 heavy (non-hydrogen) atoms. The summed E-state index contributed by atoms with van der Waals surface area (Å²) < 4.78 is 0.981. The Hall–Kier alpha value is -1.33. The zero-order valence-corrected chi connectivity index (χ0v) is 11.9. The van der Waals surface area contributed by atoms with Crippen molar-refractivity contribution in [1.82, 2.24) is 10.3 Å². The molecule has 2 aromatic rings. The molecule has 1 aliphatic rings. The van der Waals surface area contributed by atoms with E-state index in [1.54, 1.807) is 0 Å². The van der Waals surface area contributed by atoms with Gasteiger partial charge in [-0.15, -0.1) is 0 Å². The van der Waals surface area contributed by atoms with E-state index in [0.29, 0.717) is 19.0 Å². The third kappa shape index (κ3) is 3.16. The second-order valence-electron chi connectivity index (χ2n) is 4.63. The van der Waals surface area contributed by atoms with Gasteiger partial charge in [-0.25, -0.2) is 4.98 Å². The number of hydrogen-bond acceptors (Lipinski definition) is 4. The van der Waals surface area contributed by atoms with Crippen molar-refractivity contribution in [1.29, 1.82) is 0 Å². The number of halogens is 1. The molecule has 1 amide bonds.